The van der Waals surface area contributed by atoms with Gasteiger partial charge in [0.15, 0.2) is 12.6 Å². The van der Waals surface area contributed by atoms with E-state index in [2.05, 4.69) is 74.6 Å². The fourth-order valence-electron chi connectivity index (χ4n) is 8.51. The molecule has 2 rings (SSSR count). The third-order valence-electron chi connectivity index (χ3n) is 13.0. The lowest BCUT2D eigenvalue weighted by Gasteiger charge is -2.42. The van der Waals surface area contributed by atoms with Gasteiger partial charge in [-0.05, 0) is 77.0 Å². The molecule has 0 bridgehead atoms. The van der Waals surface area contributed by atoms with E-state index in [0.717, 1.165) is 77.0 Å². The number of rotatable bonds is 44. The zero-order valence-electron chi connectivity index (χ0n) is 43.9. The number of carbonyl (C=O) groups excluding carboxylic acids is 1. The zero-order valence-corrected chi connectivity index (χ0v) is 43.9. The van der Waals surface area contributed by atoms with Crippen LogP contribution >= 0.6 is 0 Å². The summed E-state index contributed by atoms with van der Waals surface area (Å²) in [6.45, 7) is 3.54. The molecule has 412 valence electrons. The number of allylic oxidation sites excluding steroid dienone is 10. The monoisotopic (exact) mass is 1010 g/mol. The average molecular weight is 1010 g/mol. The summed E-state index contributed by atoms with van der Waals surface area (Å²) in [7, 11) is 0. The van der Waals surface area contributed by atoms with E-state index >= 15 is 0 Å². The second-order valence-corrected chi connectivity index (χ2v) is 19.4. The van der Waals surface area contributed by atoms with Crippen LogP contribution in [-0.4, -0.2) is 142 Å². The van der Waals surface area contributed by atoms with E-state index in [1.54, 1.807) is 0 Å². The molecular formula is C57H100O14. The van der Waals surface area contributed by atoms with E-state index in [1.807, 2.05) is 0 Å². The molecule has 14 heteroatoms. The van der Waals surface area contributed by atoms with Crippen molar-refractivity contribution in [2.24, 2.45) is 0 Å². The van der Waals surface area contributed by atoms with E-state index in [0.29, 0.717) is 13.0 Å². The molecule has 2 fully saturated rings. The molecule has 0 amide bonds. The molecule has 11 atom stereocenters. The lowest BCUT2D eigenvalue weighted by Crippen LogP contribution is -2.61. The van der Waals surface area contributed by atoms with Crippen molar-refractivity contribution in [3.63, 3.8) is 0 Å². The Morgan fingerprint density at radius 3 is 1.44 bits per heavy atom. The molecule has 2 heterocycles. The molecule has 11 unspecified atom stereocenters. The van der Waals surface area contributed by atoms with Gasteiger partial charge in [-0.1, -0.05) is 171 Å². The fraction of sp³-hybridized carbons (Fsp3) is 0.807. The second-order valence-electron chi connectivity index (χ2n) is 19.4. The quantitative estimate of drug-likeness (QED) is 0.0172. The first kappa shape index (κ1) is 64.8. The topological polar surface area (TPSA) is 214 Å². The molecule has 0 spiro atoms. The van der Waals surface area contributed by atoms with Crippen LogP contribution in [-0.2, 0) is 33.2 Å². The first-order valence-electron chi connectivity index (χ1n) is 27.9. The lowest BCUT2D eigenvalue weighted by atomic mass is 9.98. The highest BCUT2D eigenvalue weighted by Gasteiger charge is 2.47. The van der Waals surface area contributed by atoms with Crippen LogP contribution in [0.4, 0.5) is 0 Å². The minimum atomic E-state index is -1.71. The van der Waals surface area contributed by atoms with Gasteiger partial charge in [0.25, 0.3) is 0 Å². The average Bonchev–Trinajstić information content (AvgIpc) is 3.37. The number of ether oxygens (including phenoxy) is 6. The number of hydrogen-bond acceptors (Lipinski definition) is 14. The summed E-state index contributed by atoms with van der Waals surface area (Å²) in [6.07, 6.45) is 37.0. The number of esters is 1. The van der Waals surface area contributed by atoms with Gasteiger partial charge in [-0.15, -0.1) is 0 Å². The molecular weight excluding hydrogens is 909 g/mol. The van der Waals surface area contributed by atoms with Crippen LogP contribution < -0.4 is 0 Å². The van der Waals surface area contributed by atoms with Gasteiger partial charge < -0.3 is 64.2 Å². The maximum atomic E-state index is 13.1. The predicted molar refractivity (Wildman–Crippen MR) is 279 cm³/mol. The van der Waals surface area contributed by atoms with Crippen LogP contribution in [0.15, 0.2) is 60.8 Å². The molecule has 0 aromatic heterocycles. The Morgan fingerprint density at radius 1 is 0.479 bits per heavy atom. The Labute approximate surface area is 428 Å². The molecule has 2 aliphatic heterocycles. The highest BCUT2D eigenvalue weighted by molar-refractivity contribution is 5.69. The summed E-state index contributed by atoms with van der Waals surface area (Å²) in [5.74, 6) is -0.384. The smallest absolute Gasteiger partial charge is 0.306 e. The summed E-state index contributed by atoms with van der Waals surface area (Å²) in [5.41, 5.74) is 0. The van der Waals surface area contributed by atoms with Crippen molar-refractivity contribution in [3.8, 4) is 0 Å². The third kappa shape index (κ3) is 31.2. The molecule has 71 heavy (non-hydrogen) atoms. The normalized spacial score (nSPS) is 25.8. The Morgan fingerprint density at radius 2 is 0.915 bits per heavy atom. The van der Waals surface area contributed by atoms with Crippen LogP contribution in [0.25, 0.3) is 0 Å². The predicted octanol–water partition coefficient (Wildman–Crippen LogP) is 9.30. The largest absolute Gasteiger partial charge is 0.457 e. The van der Waals surface area contributed by atoms with Gasteiger partial charge >= 0.3 is 5.97 Å². The molecule has 0 saturated carbocycles. The molecule has 0 radical (unpaired) electrons. The van der Waals surface area contributed by atoms with Crippen LogP contribution in [0.1, 0.15) is 194 Å². The summed E-state index contributed by atoms with van der Waals surface area (Å²) in [6, 6.07) is 0. The number of aliphatic hydroxyl groups is 7. The zero-order chi connectivity index (χ0) is 51.6. The fourth-order valence-corrected chi connectivity index (χ4v) is 8.51. The van der Waals surface area contributed by atoms with Gasteiger partial charge in [0.2, 0.25) is 0 Å². The second kappa shape index (κ2) is 44.0. The van der Waals surface area contributed by atoms with Crippen LogP contribution in [0.3, 0.4) is 0 Å². The SMILES string of the molecule is CC/C=C\C/C=C\C/C=C\CCCCCCCCCCOCC(COC1OC(COC2OC(CO)C(O)C(O)C2O)C(O)C(O)C1O)OC(=O)CCCCCCCCCCC/C=C\C/C=C\CCCCC. The standard InChI is InChI=1S/C57H100O14/c1-3-5-7-9-11-13-15-17-19-21-23-24-26-28-30-32-34-36-38-40-49(59)69-46(43-66-41-39-37-35-33-31-29-27-25-22-20-18-16-14-12-10-8-6-4-2)44-67-56-55(65)53(63)51(61)48(71-56)45-68-57-54(64)52(62)50(60)47(42-58)70-57/h6,8,11-14,17-20,46-48,50-58,60-65H,3-5,7,9-10,15-16,21-45H2,1-2H3/b8-6-,13-11-,14-12-,19-17-,20-18-. The van der Waals surface area contributed by atoms with Gasteiger partial charge in [-0.25, -0.2) is 0 Å². The van der Waals surface area contributed by atoms with E-state index in [-0.39, 0.29) is 25.6 Å². The Kier molecular flexibility index (Phi) is 40.2. The lowest BCUT2D eigenvalue weighted by molar-refractivity contribution is -0.332. The minimum absolute atomic E-state index is 0.0528. The van der Waals surface area contributed by atoms with E-state index < -0.39 is 80.7 Å². The van der Waals surface area contributed by atoms with Crippen molar-refractivity contribution in [1.29, 1.82) is 0 Å². The van der Waals surface area contributed by atoms with E-state index in [9.17, 15) is 40.5 Å². The van der Waals surface area contributed by atoms with Crippen molar-refractivity contribution in [2.45, 2.75) is 261 Å². The van der Waals surface area contributed by atoms with Crippen molar-refractivity contribution in [3.05, 3.63) is 60.8 Å². The van der Waals surface area contributed by atoms with E-state index in [1.165, 1.54) is 89.9 Å². The number of aliphatic hydroxyl groups excluding tert-OH is 7. The van der Waals surface area contributed by atoms with Gasteiger partial charge in [-0.3, -0.25) is 4.79 Å². The summed E-state index contributed by atoms with van der Waals surface area (Å²) in [4.78, 5) is 13.1. The van der Waals surface area contributed by atoms with Crippen molar-refractivity contribution in [2.75, 3.05) is 33.0 Å². The molecule has 14 nitrogen and oxygen atoms in total. The van der Waals surface area contributed by atoms with Crippen molar-refractivity contribution in [1.82, 2.24) is 0 Å². The molecule has 0 aliphatic carbocycles. The number of unbranched alkanes of at least 4 members (excludes halogenated alkanes) is 20. The maximum absolute atomic E-state index is 13.1. The number of carbonyl (C=O) groups is 1. The first-order valence-corrected chi connectivity index (χ1v) is 27.9. The van der Waals surface area contributed by atoms with E-state index in [4.69, 9.17) is 28.4 Å². The van der Waals surface area contributed by atoms with Gasteiger partial charge in [0.05, 0.1) is 26.4 Å². The minimum Gasteiger partial charge on any atom is -0.457 e. The van der Waals surface area contributed by atoms with Gasteiger partial charge in [-0.2, -0.15) is 0 Å². The maximum Gasteiger partial charge on any atom is 0.306 e. The van der Waals surface area contributed by atoms with Gasteiger partial charge in [0.1, 0.15) is 54.9 Å². The molecule has 7 N–H and O–H groups in total. The van der Waals surface area contributed by atoms with Crippen LogP contribution in [0, 0.1) is 0 Å². The molecule has 0 aromatic rings. The third-order valence-corrected chi connectivity index (χ3v) is 13.0. The highest BCUT2D eigenvalue weighted by atomic mass is 16.7. The van der Waals surface area contributed by atoms with Crippen molar-refractivity contribution >= 4 is 5.97 Å². The van der Waals surface area contributed by atoms with Crippen LogP contribution in [0.2, 0.25) is 0 Å². The summed E-state index contributed by atoms with van der Waals surface area (Å²) >= 11 is 0. The summed E-state index contributed by atoms with van der Waals surface area (Å²) in [5, 5.41) is 72.3. The number of hydrogen-bond donors (Lipinski definition) is 7. The molecule has 2 saturated heterocycles. The first-order chi connectivity index (χ1) is 34.6. The summed E-state index contributed by atoms with van der Waals surface area (Å²) < 4.78 is 34.4. The molecule has 0 aromatic carbocycles. The Hall–Kier alpha value is -2.31. The van der Waals surface area contributed by atoms with Crippen LogP contribution in [0.5, 0.6) is 0 Å². The molecule has 2 aliphatic rings. The van der Waals surface area contributed by atoms with Crippen molar-refractivity contribution < 1.29 is 69.0 Å². The Balaban J connectivity index is 1.74. The van der Waals surface area contributed by atoms with Gasteiger partial charge in [0, 0.05) is 13.0 Å². The highest BCUT2D eigenvalue weighted by Crippen LogP contribution is 2.26. The Bertz CT molecular complexity index is 1400.